The van der Waals surface area contributed by atoms with Gasteiger partial charge in [-0.2, -0.15) is 12.6 Å². The minimum Gasteiger partial charge on any atom is -0.396 e. The van der Waals surface area contributed by atoms with E-state index in [9.17, 15) is 0 Å². The lowest BCUT2D eigenvalue weighted by atomic mass is 10.1. The lowest BCUT2D eigenvalue weighted by molar-refractivity contribution is 0.206. The Kier molecular flexibility index (Phi) is 4.56. The number of nitrogens with zero attached hydrogens (tertiary/aromatic N) is 1. The molecule has 1 fully saturated rings. The topological polar surface area (TPSA) is 23.5 Å². The van der Waals surface area contributed by atoms with Gasteiger partial charge in [0.2, 0.25) is 0 Å². The zero-order chi connectivity index (χ0) is 9.73. The van der Waals surface area contributed by atoms with Crippen LogP contribution in [-0.2, 0) is 0 Å². The maximum absolute atomic E-state index is 8.74. The molecule has 0 unspecified atom stereocenters. The molecule has 1 rings (SSSR count). The Morgan fingerprint density at radius 2 is 2.15 bits per heavy atom. The van der Waals surface area contributed by atoms with Crippen molar-refractivity contribution in [2.24, 2.45) is 5.41 Å². The molecule has 0 heterocycles. The smallest absolute Gasteiger partial charge is 0.0443 e. The Labute approximate surface area is 86.7 Å². The quantitative estimate of drug-likeness (QED) is 0.611. The zero-order valence-electron chi connectivity index (χ0n) is 8.50. The molecule has 0 atom stereocenters. The van der Waals surface area contributed by atoms with E-state index < -0.39 is 0 Å². The standard InChI is InChI=1S/C10H21NOS/c1-2-11(6-3-7-12)8-10(9-13)4-5-10/h12-13H,2-9H2,1H3. The van der Waals surface area contributed by atoms with E-state index in [1.54, 1.807) is 0 Å². The molecule has 1 aliphatic carbocycles. The van der Waals surface area contributed by atoms with Crippen LogP contribution < -0.4 is 0 Å². The van der Waals surface area contributed by atoms with Crippen LogP contribution in [0.15, 0.2) is 0 Å². The zero-order valence-corrected chi connectivity index (χ0v) is 9.39. The summed E-state index contributed by atoms with van der Waals surface area (Å²) in [5.74, 6) is 1.02. The van der Waals surface area contributed by atoms with Crippen LogP contribution in [0.3, 0.4) is 0 Å². The van der Waals surface area contributed by atoms with Gasteiger partial charge in [0.1, 0.15) is 0 Å². The van der Waals surface area contributed by atoms with Crippen LogP contribution >= 0.6 is 12.6 Å². The van der Waals surface area contributed by atoms with E-state index in [4.69, 9.17) is 5.11 Å². The van der Waals surface area contributed by atoms with Crippen molar-refractivity contribution in [3.63, 3.8) is 0 Å². The van der Waals surface area contributed by atoms with Crippen molar-refractivity contribution in [1.82, 2.24) is 4.90 Å². The van der Waals surface area contributed by atoms with Crippen LogP contribution in [0.1, 0.15) is 26.2 Å². The van der Waals surface area contributed by atoms with Crippen molar-refractivity contribution < 1.29 is 5.11 Å². The van der Waals surface area contributed by atoms with Gasteiger partial charge in [-0.15, -0.1) is 0 Å². The Morgan fingerprint density at radius 1 is 1.46 bits per heavy atom. The number of hydrogen-bond donors (Lipinski definition) is 2. The van der Waals surface area contributed by atoms with Gasteiger partial charge in [0.05, 0.1) is 0 Å². The van der Waals surface area contributed by atoms with Crippen molar-refractivity contribution in [2.45, 2.75) is 26.2 Å². The third-order valence-corrected chi connectivity index (χ3v) is 3.60. The van der Waals surface area contributed by atoms with Gasteiger partial charge in [0, 0.05) is 19.7 Å². The largest absolute Gasteiger partial charge is 0.396 e. The second-order valence-corrected chi connectivity index (χ2v) is 4.42. The maximum Gasteiger partial charge on any atom is 0.0443 e. The normalized spacial score (nSPS) is 19.4. The highest BCUT2D eigenvalue weighted by atomic mass is 32.1. The fraction of sp³-hybridized carbons (Fsp3) is 1.00. The first kappa shape index (κ1) is 11.3. The van der Waals surface area contributed by atoms with Crippen LogP contribution in [0.5, 0.6) is 0 Å². The Hall–Kier alpha value is 0.270. The lowest BCUT2D eigenvalue weighted by Crippen LogP contribution is -2.32. The van der Waals surface area contributed by atoms with E-state index in [1.165, 1.54) is 19.4 Å². The highest BCUT2D eigenvalue weighted by Gasteiger charge is 2.41. The highest BCUT2D eigenvalue weighted by molar-refractivity contribution is 7.80. The molecule has 2 nitrogen and oxygen atoms in total. The molecule has 0 radical (unpaired) electrons. The first-order valence-electron chi connectivity index (χ1n) is 5.20. The highest BCUT2D eigenvalue weighted by Crippen LogP contribution is 2.46. The summed E-state index contributed by atoms with van der Waals surface area (Å²) in [5.41, 5.74) is 0.522. The van der Waals surface area contributed by atoms with Crippen LogP contribution in [-0.4, -0.2) is 42.0 Å². The van der Waals surface area contributed by atoms with E-state index in [0.29, 0.717) is 12.0 Å². The first-order chi connectivity index (χ1) is 6.26. The first-order valence-corrected chi connectivity index (χ1v) is 5.83. The van der Waals surface area contributed by atoms with Gasteiger partial charge < -0.3 is 10.0 Å². The molecule has 0 saturated heterocycles. The molecule has 1 saturated carbocycles. The monoisotopic (exact) mass is 203 g/mol. The molecular weight excluding hydrogens is 182 g/mol. The predicted molar refractivity (Wildman–Crippen MR) is 59.3 cm³/mol. The molecule has 78 valence electrons. The van der Waals surface area contributed by atoms with Crippen molar-refractivity contribution in [2.75, 3.05) is 32.0 Å². The van der Waals surface area contributed by atoms with Gasteiger partial charge in [-0.05, 0) is 37.0 Å². The van der Waals surface area contributed by atoms with E-state index in [0.717, 1.165) is 25.3 Å². The van der Waals surface area contributed by atoms with Crippen molar-refractivity contribution in [3.8, 4) is 0 Å². The fourth-order valence-corrected chi connectivity index (χ4v) is 2.08. The second kappa shape index (κ2) is 5.23. The molecule has 0 spiro atoms. The van der Waals surface area contributed by atoms with Crippen LogP contribution in [0.2, 0.25) is 0 Å². The van der Waals surface area contributed by atoms with Gasteiger partial charge >= 0.3 is 0 Å². The summed E-state index contributed by atoms with van der Waals surface area (Å²) in [5, 5.41) is 8.74. The summed E-state index contributed by atoms with van der Waals surface area (Å²) in [6, 6.07) is 0. The van der Waals surface area contributed by atoms with Crippen LogP contribution in [0.25, 0.3) is 0 Å². The molecule has 0 aromatic carbocycles. The van der Waals surface area contributed by atoms with E-state index in [1.807, 2.05) is 0 Å². The summed E-state index contributed by atoms with van der Waals surface area (Å²) in [4.78, 5) is 2.43. The molecule has 1 N–H and O–H groups in total. The number of thiol groups is 1. The van der Waals surface area contributed by atoms with Crippen molar-refractivity contribution >= 4 is 12.6 Å². The molecule has 0 aromatic rings. The van der Waals surface area contributed by atoms with Gasteiger partial charge in [-0.3, -0.25) is 0 Å². The molecule has 0 aromatic heterocycles. The minimum atomic E-state index is 0.310. The Bertz CT molecular complexity index is 148. The molecule has 13 heavy (non-hydrogen) atoms. The second-order valence-electron chi connectivity index (χ2n) is 4.10. The molecule has 0 bridgehead atoms. The minimum absolute atomic E-state index is 0.310. The van der Waals surface area contributed by atoms with Gasteiger partial charge in [-0.25, -0.2) is 0 Å². The van der Waals surface area contributed by atoms with Gasteiger partial charge in [0.15, 0.2) is 0 Å². The number of rotatable bonds is 7. The molecular formula is C10H21NOS. The molecule has 3 heteroatoms. The summed E-state index contributed by atoms with van der Waals surface area (Å²) in [6.07, 6.45) is 3.58. The van der Waals surface area contributed by atoms with E-state index >= 15 is 0 Å². The van der Waals surface area contributed by atoms with Gasteiger partial charge in [0.25, 0.3) is 0 Å². The maximum atomic E-state index is 8.74. The van der Waals surface area contributed by atoms with Crippen molar-refractivity contribution in [3.05, 3.63) is 0 Å². The third-order valence-electron chi connectivity index (χ3n) is 2.93. The fourth-order valence-electron chi connectivity index (χ4n) is 1.66. The number of hydrogen-bond acceptors (Lipinski definition) is 3. The van der Waals surface area contributed by atoms with Crippen LogP contribution in [0.4, 0.5) is 0 Å². The Balaban J connectivity index is 2.22. The summed E-state index contributed by atoms with van der Waals surface area (Å²) in [7, 11) is 0. The van der Waals surface area contributed by atoms with Gasteiger partial charge in [-0.1, -0.05) is 6.92 Å². The molecule has 1 aliphatic rings. The average molecular weight is 203 g/mol. The number of aliphatic hydroxyl groups excluding tert-OH is 1. The molecule has 0 aliphatic heterocycles. The van der Waals surface area contributed by atoms with E-state index in [-0.39, 0.29) is 0 Å². The van der Waals surface area contributed by atoms with Crippen LogP contribution in [0, 0.1) is 5.41 Å². The third kappa shape index (κ3) is 3.49. The average Bonchev–Trinajstić information content (AvgIpc) is 2.93. The summed E-state index contributed by atoms with van der Waals surface area (Å²) < 4.78 is 0. The SMILES string of the molecule is CCN(CCCO)CC1(CS)CC1. The summed E-state index contributed by atoms with van der Waals surface area (Å²) in [6.45, 7) is 5.79. The lowest BCUT2D eigenvalue weighted by Gasteiger charge is -2.24. The molecule has 0 amide bonds. The van der Waals surface area contributed by atoms with E-state index in [2.05, 4.69) is 24.5 Å². The predicted octanol–water partition coefficient (Wildman–Crippen LogP) is 1.40. The number of aliphatic hydroxyl groups is 1. The summed E-state index contributed by atoms with van der Waals surface area (Å²) >= 11 is 4.39. The van der Waals surface area contributed by atoms with Crippen molar-refractivity contribution in [1.29, 1.82) is 0 Å². The Morgan fingerprint density at radius 3 is 2.54 bits per heavy atom.